The monoisotopic (exact) mass is 337 g/mol. The molecule has 0 spiro atoms. The Hall–Kier alpha value is -3.48. The molecule has 0 saturated carbocycles. The fourth-order valence-corrected chi connectivity index (χ4v) is 2.58. The summed E-state index contributed by atoms with van der Waals surface area (Å²) in [5, 5.41) is 5.10. The molecule has 7 heteroatoms. The number of carbonyl (C=O) groups excluding carboxylic acids is 4. The van der Waals surface area contributed by atoms with Crippen LogP contribution in [0.2, 0.25) is 0 Å². The minimum absolute atomic E-state index is 0.232. The molecule has 4 amide bonds. The van der Waals surface area contributed by atoms with E-state index >= 15 is 0 Å². The van der Waals surface area contributed by atoms with Crippen molar-refractivity contribution in [2.45, 2.75) is 0 Å². The standard InChI is InChI=1S/C18H15N3O4/c1-19-16(23)11-6-8-12(9-7-11)20-15(22)10-21-17(24)13-4-2-3-5-14(13)18(21)25/h2-9H,10H2,1H3,(H,19,23)(H,20,22). The van der Waals surface area contributed by atoms with Gasteiger partial charge in [0.15, 0.2) is 0 Å². The number of hydrogen-bond acceptors (Lipinski definition) is 4. The zero-order valence-corrected chi connectivity index (χ0v) is 13.4. The second kappa shape index (κ2) is 6.56. The Balaban J connectivity index is 1.67. The van der Waals surface area contributed by atoms with Crippen molar-refractivity contribution in [2.24, 2.45) is 0 Å². The van der Waals surface area contributed by atoms with Crippen LogP contribution in [0.4, 0.5) is 5.69 Å². The Morgan fingerprint density at radius 1 is 0.920 bits per heavy atom. The Kier molecular flexibility index (Phi) is 4.30. The van der Waals surface area contributed by atoms with E-state index in [1.165, 1.54) is 7.05 Å². The van der Waals surface area contributed by atoms with Gasteiger partial charge in [0.05, 0.1) is 11.1 Å². The minimum atomic E-state index is -0.498. The Morgan fingerprint density at radius 3 is 2.00 bits per heavy atom. The lowest BCUT2D eigenvalue weighted by Gasteiger charge is -2.13. The van der Waals surface area contributed by atoms with Gasteiger partial charge in [0.25, 0.3) is 17.7 Å². The SMILES string of the molecule is CNC(=O)c1ccc(NC(=O)CN2C(=O)c3ccccc3C2=O)cc1. The highest BCUT2D eigenvalue weighted by molar-refractivity contribution is 6.22. The first-order valence-electron chi connectivity index (χ1n) is 7.58. The lowest BCUT2D eigenvalue weighted by atomic mass is 10.1. The number of hydrogen-bond donors (Lipinski definition) is 2. The third-order valence-corrected chi connectivity index (χ3v) is 3.84. The summed E-state index contributed by atoms with van der Waals surface area (Å²) < 4.78 is 0. The summed E-state index contributed by atoms with van der Waals surface area (Å²) in [6.07, 6.45) is 0. The van der Waals surface area contributed by atoms with E-state index in [2.05, 4.69) is 10.6 Å². The van der Waals surface area contributed by atoms with Crippen molar-refractivity contribution in [3.63, 3.8) is 0 Å². The van der Waals surface area contributed by atoms with Crippen LogP contribution >= 0.6 is 0 Å². The largest absolute Gasteiger partial charge is 0.355 e. The van der Waals surface area contributed by atoms with Crippen LogP contribution in [-0.2, 0) is 4.79 Å². The molecule has 0 radical (unpaired) electrons. The van der Waals surface area contributed by atoms with Gasteiger partial charge in [-0.15, -0.1) is 0 Å². The van der Waals surface area contributed by atoms with E-state index in [1.54, 1.807) is 48.5 Å². The van der Waals surface area contributed by atoms with E-state index in [0.29, 0.717) is 22.4 Å². The molecule has 7 nitrogen and oxygen atoms in total. The zero-order chi connectivity index (χ0) is 18.0. The van der Waals surface area contributed by atoms with Gasteiger partial charge in [-0.1, -0.05) is 12.1 Å². The summed E-state index contributed by atoms with van der Waals surface area (Å²) in [5.74, 6) is -1.69. The highest BCUT2D eigenvalue weighted by atomic mass is 16.2. The van der Waals surface area contributed by atoms with Gasteiger partial charge in [0, 0.05) is 18.3 Å². The number of nitrogens with zero attached hydrogens (tertiary/aromatic N) is 1. The number of imide groups is 1. The van der Waals surface area contributed by atoms with Gasteiger partial charge in [0.2, 0.25) is 5.91 Å². The summed E-state index contributed by atoms with van der Waals surface area (Å²) in [4.78, 5) is 49.0. The van der Waals surface area contributed by atoms with Crippen molar-refractivity contribution in [1.29, 1.82) is 0 Å². The molecule has 2 aromatic carbocycles. The molecular weight excluding hydrogens is 322 g/mol. The van der Waals surface area contributed by atoms with Crippen molar-refractivity contribution in [3.8, 4) is 0 Å². The molecule has 0 aromatic heterocycles. The van der Waals surface area contributed by atoms with E-state index in [1.807, 2.05) is 0 Å². The number of amides is 4. The second-order valence-corrected chi connectivity index (χ2v) is 5.45. The van der Waals surface area contributed by atoms with Gasteiger partial charge < -0.3 is 10.6 Å². The molecule has 0 aliphatic carbocycles. The third kappa shape index (κ3) is 3.12. The van der Waals surface area contributed by atoms with E-state index in [-0.39, 0.29) is 12.5 Å². The Labute approximate surface area is 143 Å². The quantitative estimate of drug-likeness (QED) is 0.822. The normalized spacial score (nSPS) is 12.8. The molecule has 1 aliphatic heterocycles. The molecule has 0 bridgehead atoms. The predicted octanol–water partition coefficient (Wildman–Crippen LogP) is 1.28. The van der Waals surface area contributed by atoms with Crippen molar-refractivity contribution in [3.05, 3.63) is 65.2 Å². The van der Waals surface area contributed by atoms with Crippen LogP contribution in [0.5, 0.6) is 0 Å². The predicted molar refractivity (Wildman–Crippen MR) is 90.3 cm³/mol. The van der Waals surface area contributed by atoms with Crippen molar-refractivity contribution in [2.75, 3.05) is 18.9 Å². The molecule has 1 heterocycles. The topological polar surface area (TPSA) is 95.6 Å². The molecule has 25 heavy (non-hydrogen) atoms. The summed E-state index contributed by atoms with van der Waals surface area (Å²) in [6.45, 7) is -0.371. The number of fused-ring (bicyclic) bond motifs is 1. The number of carbonyl (C=O) groups is 4. The van der Waals surface area contributed by atoms with Gasteiger partial charge in [-0.25, -0.2) is 0 Å². The lowest BCUT2D eigenvalue weighted by Crippen LogP contribution is -2.37. The molecule has 0 atom stereocenters. The van der Waals surface area contributed by atoms with Gasteiger partial charge in [-0.3, -0.25) is 24.1 Å². The van der Waals surface area contributed by atoms with Crippen LogP contribution in [0.3, 0.4) is 0 Å². The molecule has 0 unspecified atom stereocenters. The molecular formula is C18H15N3O4. The highest BCUT2D eigenvalue weighted by Crippen LogP contribution is 2.22. The van der Waals surface area contributed by atoms with Gasteiger partial charge in [0.1, 0.15) is 6.54 Å². The van der Waals surface area contributed by atoms with Crippen LogP contribution in [0.1, 0.15) is 31.1 Å². The molecule has 2 N–H and O–H groups in total. The first kappa shape index (κ1) is 16.4. The summed E-state index contributed by atoms with van der Waals surface area (Å²) >= 11 is 0. The van der Waals surface area contributed by atoms with Crippen LogP contribution in [0, 0.1) is 0 Å². The van der Waals surface area contributed by atoms with E-state index in [0.717, 1.165) is 4.90 Å². The van der Waals surface area contributed by atoms with Crippen molar-refractivity contribution >= 4 is 29.3 Å². The van der Waals surface area contributed by atoms with Crippen LogP contribution in [0.25, 0.3) is 0 Å². The minimum Gasteiger partial charge on any atom is -0.355 e. The molecule has 0 saturated heterocycles. The maximum absolute atomic E-state index is 12.2. The summed E-state index contributed by atoms with van der Waals surface area (Å²) in [6, 6.07) is 12.7. The Bertz CT molecular complexity index is 839. The molecule has 2 aromatic rings. The molecule has 3 rings (SSSR count). The smallest absolute Gasteiger partial charge is 0.262 e. The average molecular weight is 337 g/mol. The van der Waals surface area contributed by atoms with Crippen LogP contribution < -0.4 is 10.6 Å². The number of rotatable bonds is 4. The lowest BCUT2D eigenvalue weighted by molar-refractivity contribution is -0.116. The van der Waals surface area contributed by atoms with Gasteiger partial charge >= 0.3 is 0 Å². The zero-order valence-electron chi connectivity index (χ0n) is 13.4. The van der Waals surface area contributed by atoms with Gasteiger partial charge in [-0.2, -0.15) is 0 Å². The Morgan fingerprint density at radius 2 is 1.48 bits per heavy atom. The van der Waals surface area contributed by atoms with Crippen molar-refractivity contribution in [1.82, 2.24) is 10.2 Å². The first-order valence-corrected chi connectivity index (χ1v) is 7.58. The fraction of sp³-hybridized carbons (Fsp3) is 0.111. The number of anilines is 1. The van der Waals surface area contributed by atoms with E-state index < -0.39 is 17.7 Å². The number of benzene rings is 2. The fourth-order valence-electron chi connectivity index (χ4n) is 2.58. The van der Waals surface area contributed by atoms with E-state index in [4.69, 9.17) is 0 Å². The molecule has 126 valence electrons. The highest BCUT2D eigenvalue weighted by Gasteiger charge is 2.36. The summed E-state index contributed by atoms with van der Waals surface area (Å²) in [5.41, 5.74) is 1.53. The maximum atomic E-state index is 12.2. The summed E-state index contributed by atoms with van der Waals surface area (Å²) in [7, 11) is 1.53. The second-order valence-electron chi connectivity index (χ2n) is 5.45. The van der Waals surface area contributed by atoms with Crippen LogP contribution in [-0.4, -0.2) is 42.1 Å². The van der Waals surface area contributed by atoms with Crippen molar-refractivity contribution < 1.29 is 19.2 Å². The first-order chi connectivity index (χ1) is 12.0. The third-order valence-electron chi connectivity index (χ3n) is 3.84. The molecule has 1 aliphatic rings. The average Bonchev–Trinajstić information content (AvgIpc) is 2.87. The maximum Gasteiger partial charge on any atom is 0.262 e. The number of nitrogens with one attached hydrogen (secondary N) is 2. The van der Waals surface area contributed by atoms with Crippen LogP contribution in [0.15, 0.2) is 48.5 Å². The van der Waals surface area contributed by atoms with Gasteiger partial charge in [-0.05, 0) is 36.4 Å². The molecule has 0 fully saturated rings. The van der Waals surface area contributed by atoms with E-state index in [9.17, 15) is 19.2 Å².